The number of hydrogen-bond donors (Lipinski definition) is 0. The summed E-state index contributed by atoms with van der Waals surface area (Å²) in [6.07, 6.45) is 8.52. The summed E-state index contributed by atoms with van der Waals surface area (Å²) in [5.41, 5.74) is 9.55. The van der Waals surface area contributed by atoms with Crippen molar-refractivity contribution in [2.24, 2.45) is 4.99 Å². The Hall–Kier alpha value is -3.52. The lowest BCUT2D eigenvalue weighted by Gasteiger charge is -2.20. The van der Waals surface area contributed by atoms with Crippen molar-refractivity contribution in [3.8, 4) is 11.1 Å². The minimum Gasteiger partial charge on any atom is -0.251 e. The van der Waals surface area contributed by atoms with Crippen LogP contribution in [0.4, 0.5) is 0 Å². The van der Waals surface area contributed by atoms with Crippen LogP contribution in [0.15, 0.2) is 95.1 Å². The van der Waals surface area contributed by atoms with Crippen LogP contribution in [0.25, 0.3) is 23.3 Å². The lowest BCUT2D eigenvalue weighted by atomic mass is 9.89. The highest BCUT2D eigenvalue weighted by Gasteiger charge is 2.21. The second-order valence-corrected chi connectivity index (χ2v) is 7.17. The van der Waals surface area contributed by atoms with E-state index >= 15 is 0 Å². The van der Waals surface area contributed by atoms with E-state index in [2.05, 4.69) is 72.8 Å². The van der Waals surface area contributed by atoms with Crippen LogP contribution in [0.2, 0.25) is 0 Å². The van der Waals surface area contributed by atoms with E-state index in [9.17, 15) is 0 Å². The first-order valence-corrected chi connectivity index (χ1v) is 9.90. The van der Waals surface area contributed by atoms with E-state index in [0.29, 0.717) is 0 Å². The second-order valence-electron chi connectivity index (χ2n) is 7.17. The van der Waals surface area contributed by atoms with Gasteiger partial charge in [0.2, 0.25) is 0 Å². The molecule has 0 aliphatic heterocycles. The van der Waals surface area contributed by atoms with Gasteiger partial charge in [-0.3, -0.25) is 9.98 Å². The summed E-state index contributed by atoms with van der Waals surface area (Å²) in [6, 6.07) is 23.0. The molecule has 2 nitrogen and oxygen atoms in total. The van der Waals surface area contributed by atoms with Crippen LogP contribution in [0.1, 0.15) is 36.4 Å². The van der Waals surface area contributed by atoms with E-state index in [4.69, 9.17) is 9.98 Å². The molecule has 3 aromatic rings. The van der Waals surface area contributed by atoms with Crippen LogP contribution in [0.5, 0.6) is 0 Å². The molecule has 0 bridgehead atoms. The molecule has 0 spiro atoms. The number of aryl methyl sites for hydroxylation is 1. The Morgan fingerprint density at radius 2 is 1.62 bits per heavy atom. The summed E-state index contributed by atoms with van der Waals surface area (Å²) in [5.74, 6) is 0. The number of rotatable bonds is 3. The largest absolute Gasteiger partial charge is 0.251 e. The molecule has 0 fully saturated rings. The SMILES string of the molecule is C\C=C(C)/N=C1\C(=C\c2ccccc2)C=Cc2c(-c3ccccc3)cc(C)nc21. The van der Waals surface area contributed by atoms with Gasteiger partial charge in [0.15, 0.2) is 0 Å². The van der Waals surface area contributed by atoms with Crippen molar-refractivity contribution in [1.29, 1.82) is 0 Å². The molecule has 1 aromatic heterocycles. The monoisotopic (exact) mass is 376 g/mol. The Morgan fingerprint density at radius 1 is 0.931 bits per heavy atom. The van der Waals surface area contributed by atoms with Crippen molar-refractivity contribution in [2.75, 3.05) is 0 Å². The van der Waals surface area contributed by atoms with Gasteiger partial charge in [0.1, 0.15) is 0 Å². The van der Waals surface area contributed by atoms with Gasteiger partial charge in [-0.2, -0.15) is 0 Å². The van der Waals surface area contributed by atoms with Gasteiger partial charge in [0.25, 0.3) is 0 Å². The third-order valence-electron chi connectivity index (χ3n) is 5.03. The number of benzene rings is 2. The summed E-state index contributed by atoms with van der Waals surface area (Å²) < 4.78 is 0. The summed E-state index contributed by atoms with van der Waals surface area (Å²) in [5, 5.41) is 0. The molecule has 0 saturated carbocycles. The molecule has 29 heavy (non-hydrogen) atoms. The summed E-state index contributed by atoms with van der Waals surface area (Å²) >= 11 is 0. The zero-order valence-electron chi connectivity index (χ0n) is 17.1. The Bertz CT molecular complexity index is 1150. The highest BCUT2D eigenvalue weighted by molar-refractivity contribution is 6.21. The molecule has 0 N–H and O–H groups in total. The molecular formula is C27H24N2. The van der Waals surface area contributed by atoms with Crippen LogP contribution < -0.4 is 0 Å². The fourth-order valence-electron chi connectivity index (χ4n) is 3.48. The van der Waals surface area contributed by atoms with Crippen LogP contribution in [0.3, 0.4) is 0 Å². The Morgan fingerprint density at radius 3 is 2.31 bits per heavy atom. The molecule has 142 valence electrons. The first-order chi connectivity index (χ1) is 14.2. The number of fused-ring (bicyclic) bond motifs is 1. The van der Waals surface area contributed by atoms with Crippen LogP contribution >= 0.6 is 0 Å². The molecule has 4 rings (SSSR count). The first-order valence-electron chi connectivity index (χ1n) is 9.90. The minimum atomic E-state index is 0.919. The van der Waals surface area contributed by atoms with E-state index in [1.807, 2.05) is 39.0 Å². The highest BCUT2D eigenvalue weighted by atomic mass is 14.8. The summed E-state index contributed by atoms with van der Waals surface area (Å²) in [6.45, 7) is 6.09. The highest BCUT2D eigenvalue weighted by Crippen LogP contribution is 2.33. The fourth-order valence-corrected chi connectivity index (χ4v) is 3.48. The van der Waals surface area contributed by atoms with Gasteiger partial charge in [0, 0.05) is 22.5 Å². The quantitative estimate of drug-likeness (QED) is 0.489. The van der Waals surface area contributed by atoms with Crippen LogP contribution in [0, 0.1) is 6.92 Å². The molecule has 0 atom stereocenters. The maximum Gasteiger partial charge on any atom is 0.0974 e. The summed E-state index contributed by atoms with van der Waals surface area (Å²) in [7, 11) is 0. The number of aromatic nitrogens is 1. The number of hydrogen-bond acceptors (Lipinski definition) is 2. The third-order valence-corrected chi connectivity index (χ3v) is 5.03. The second kappa shape index (κ2) is 8.24. The van der Waals surface area contributed by atoms with Gasteiger partial charge < -0.3 is 0 Å². The number of nitrogens with zero attached hydrogens (tertiary/aromatic N) is 2. The van der Waals surface area contributed by atoms with Crippen LogP contribution in [-0.4, -0.2) is 10.7 Å². The third kappa shape index (κ3) is 4.02. The molecule has 0 saturated heterocycles. The molecule has 1 heterocycles. The van der Waals surface area contributed by atoms with Crippen molar-refractivity contribution in [3.63, 3.8) is 0 Å². The maximum atomic E-state index is 4.95. The summed E-state index contributed by atoms with van der Waals surface area (Å²) in [4.78, 5) is 9.86. The van der Waals surface area contributed by atoms with Gasteiger partial charge in [0.05, 0.1) is 11.4 Å². The van der Waals surface area contributed by atoms with E-state index < -0.39 is 0 Å². The van der Waals surface area contributed by atoms with Crippen LogP contribution in [-0.2, 0) is 0 Å². The Kier molecular flexibility index (Phi) is 5.35. The van der Waals surface area contributed by atoms with Gasteiger partial charge >= 0.3 is 0 Å². The zero-order valence-corrected chi connectivity index (χ0v) is 17.1. The average molecular weight is 377 g/mol. The maximum absolute atomic E-state index is 4.95. The zero-order chi connectivity index (χ0) is 20.2. The molecule has 0 radical (unpaired) electrons. The lowest BCUT2D eigenvalue weighted by molar-refractivity contribution is 1.16. The topological polar surface area (TPSA) is 25.2 Å². The number of aliphatic imine (C=N–C) groups is 1. The average Bonchev–Trinajstić information content (AvgIpc) is 2.76. The molecular weight excluding hydrogens is 352 g/mol. The van der Waals surface area contributed by atoms with Crippen molar-refractivity contribution >= 4 is 17.9 Å². The predicted molar refractivity (Wildman–Crippen MR) is 124 cm³/mol. The molecule has 0 unspecified atom stereocenters. The normalized spacial score (nSPS) is 16.3. The molecule has 0 amide bonds. The predicted octanol–water partition coefficient (Wildman–Crippen LogP) is 6.88. The van der Waals surface area contributed by atoms with Crippen molar-refractivity contribution in [1.82, 2.24) is 4.98 Å². The van der Waals surface area contributed by atoms with Crippen molar-refractivity contribution < 1.29 is 0 Å². The number of allylic oxidation sites excluding steroid dienone is 4. The Balaban J connectivity index is 1.95. The molecule has 2 heteroatoms. The minimum absolute atomic E-state index is 0.919. The van der Waals surface area contributed by atoms with E-state index in [-0.39, 0.29) is 0 Å². The van der Waals surface area contributed by atoms with Gasteiger partial charge in [-0.15, -0.1) is 0 Å². The fraction of sp³-hybridized carbons (Fsp3) is 0.111. The van der Waals surface area contributed by atoms with E-state index in [1.54, 1.807) is 0 Å². The number of pyridine rings is 1. The first kappa shape index (κ1) is 18.8. The van der Waals surface area contributed by atoms with Gasteiger partial charge in [-0.05, 0) is 49.6 Å². The standard InChI is InChI=1S/C27H24N2/c1-4-19(2)28-26-23(18-21-11-7-5-8-12-21)15-16-24-25(17-20(3)29-27(24)26)22-13-9-6-10-14-22/h4-18H,1-3H3/b19-4-,23-18+,28-26+. The molecule has 1 aliphatic rings. The van der Waals surface area contributed by atoms with E-state index in [0.717, 1.165) is 39.5 Å². The molecule has 2 aromatic carbocycles. The van der Waals surface area contributed by atoms with Gasteiger partial charge in [-0.1, -0.05) is 78.9 Å². The van der Waals surface area contributed by atoms with Crippen molar-refractivity contribution in [2.45, 2.75) is 20.8 Å². The van der Waals surface area contributed by atoms with Gasteiger partial charge in [-0.25, -0.2) is 0 Å². The molecule has 1 aliphatic carbocycles. The Labute approximate surface area is 172 Å². The lowest BCUT2D eigenvalue weighted by Crippen LogP contribution is -2.14. The smallest absolute Gasteiger partial charge is 0.0974 e. The van der Waals surface area contributed by atoms with Crippen molar-refractivity contribution in [3.05, 3.63) is 113 Å². The van der Waals surface area contributed by atoms with E-state index in [1.165, 1.54) is 11.1 Å².